The molecule has 0 radical (unpaired) electrons. The third-order valence-electron chi connectivity index (χ3n) is 5.02. The van der Waals surface area contributed by atoms with Crippen LogP contribution in [0.1, 0.15) is 28.0 Å². The lowest BCUT2D eigenvalue weighted by Gasteiger charge is -2.28. The maximum atomic E-state index is 13.0. The van der Waals surface area contributed by atoms with Crippen LogP contribution in [-0.2, 0) is 21.2 Å². The summed E-state index contributed by atoms with van der Waals surface area (Å²) in [5.41, 5.74) is 2.88. The second-order valence-electron chi connectivity index (χ2n) is 7.27. The molecule has 1 aromatic heterocycles. The summed E-state index contributed by atoms with van der Waals surface area (Å²) >= 11 is 7.76. The normalized spacial score (nSPS) is 18.2. The monoisotopic (exact) mass is 441 g/mol. The molecule has 2 heterocycles. The van der Waals surface area contributed by atoms with Gasteiger partial charge in [-0.25, -0.2) is 8.42 Å². The van der Waals surface area contributed by atoms with Crippen molar-refractivity contribution in [3.63, 3.8) is 0 Å². The highest BCUT2D eigenvalue weighted by molar-refractivity contribution is 7.91. The van der Waals surface area contributed by atoms with Crippen LogP contribution < -0.4 is 4.74 Å². The summed E-state index contributed by atoms with van der Waals surface area (Å²) < 4.78 is 29.6. The van der Waals surface area contributed by atoms with Crippen LogP contribution in [0.4, 0.5) is 0 Å². The van der Waals surface area contributed by atoms with Gasteiger partial charge < -0.3 is 9.64 Å². The molecule has 0 N–H and O–H groups in total. The molecule has 8 heteroatoms. The van der Waals surface area contributed by atoms with Crippen LogP contribution >= 0.6 is 22.9 Å². The molecule has 1 aliphatic heterocycles. The van der Waals surface area contributed by atoms with E-state index in [1.54, 1.807) is 28.4 Å². The van der Waals surface area contributed by atoms with Crippen molar-refractivity contribution in [1.29, 1.82) is 0 Å². The number of ether oxygens (including phenoxy) is 1. The fraction of sp³-hybridized carbons (Fsp3) is 0.450. The minimum absolute atomic E-state index is 0.0162. The van der Waals surface area contributed by atoms with Gasteiger partial charge in [0.2, 0.25) is 0 Å². The molecule has 152 valence electrons. The van der Waals surface area contributed by atoms with Crippen LogP contribution in [-0.4, -0.2) is 43.4 Å². The molecule has 1 atom stereocenters. The van der Waals surface area contributed by atoms with Gasteiger partial charge in [-0.15, -0.1) is 11.3 Å². The van der Waals surface area contributed by atoms with Gasteiger partial charge in [-0.2, -0.15) is 0 Å². The topological polar surface area (TPSA) is 63.7 Å². The molecule has 1 saturated heterocycles. The molecule has 1 aliphatic rings. The van der Waals surface area contributed by atoms with E-state index in [0.717, 1.165) is 21.6 Å². The first-order valence-electron chi connectivity index (χ1n) is 9.08. The second-order valence-corrected chi connectivity index (χ2v) is 10.9. The zero-order chi connectivity index (χ0) is 20.5. The highest BCUT2D eigenvalue weighted by Gasteiger charge is 2.35. The lowest BCUT2D eigenvalue weighted by Crippen LogP contribution is -2.43. The Hall–Kier alpha value is -1.57. The van der Waals surface area contributed by atoms with E-state index in [0.29, 0.717) is 23.7 Å². The predicted octanol–water partition coefficient (Wildman–Crippen LogP) is 3.92. The van der Waals surface area contributed by atoms with E-state index in [1.807, 2.05) is 32.2 Å². The van der Waals surface area contributed by atoms with E-state index < -0.39 is 9.84 Å². The zero-order valence-electron chi connectivity index (χ0n) is 16.2. The molecule has 1 fully saturated rings. The molecule has 28 heavy (non-hydrogen) atoms. The fourth-order valence-electron chi connectivity index (χ4n) is 3.38. The number of nitrogens with zero attached hydrogens (tertiary/aromatic N) is 1. The summed E-state index contributed by atoms with van der Waals surface area (Å²) in [6.45, 7) is 6.04. The molecule has 0 spiro atoms. The van der Waals surface area contributed by atoms with Gasteiger partial charge in [0.15, 0.2) is 16.4 Å². The van der Waals surface area contributed by atoms with Crippen LogP contribution in [0.2, 0.25) is 5.02 Å². The van der Waals surface area contributed by atoms with E-state index >= 15 is 0 Å². The smallest absolute Gasteiger partial charge is 0.261 e. The van der Waals surface area contributed by atoms with E-state index in [4.69, 9.17) is 16.3 Å². The number of benzene rings is 1. The fourth-order valence-corrected chi connectivity index (χ4v) is 6.12. The van der Waals surface area contributed by atoms with Crippen molar-refractivity contribution in [2.45, 2.75) is 39.8 Å². The van der Waals surface area contributed by atoms with E-state index in [2.05, 4.69) is 0 Å². The number of rotatable bonds is 6. The summed E-state index contributed by atoms with van der Waals surface area (Å²) in [4.78, 5) is 15.7. The Morgan fingerprint density at radius 2 is 1.93 bits per heavy atom. The Labute approximate surface area is 175 Å². The molecular weight excluding hydrogens is 418 g/mol. The zero-order valence-corrected chi connectivity index (χ0v) is 18.6. The van der Waals surface area contributed by atoms with Crippen molar-refractivity contribution >= 4 is 38.7 Å². The standard InChI is InChI=1S/C20H24ClNO4S2/c1-13-4-6-27-18(13)10-22(16-5-7-28(24,25)12-16)19(23)11-26-17-8-14(2)20(21)15(3)9-17/h4,6,8-9,16H,5,7,10-12H2,1-3H3. The van der Waals surface area contributed by atoms with Crippen molar-refractivity contribution in [3.8, 4) is 5.75 Å². The Morgan fingerprint density at radius 3 is 2.46 bits per heavy atom. The van der Waals surface area contributed by atoms with Gasteiger partial charge in [-0.1, -0.05) is 11.6 Å². The summed E-state index contributed by atoms with van der Waals surface area (Å²) in [5.74, 6) is 0.517. The van der Waals surface area contributed by atoms with E-state index in [1.165, 1.54) is 0 Å². The lowest BCUT2D eigenvalue weighted by molar-refractivity contribution is -0.135. The van der Waals surface area contributed by atoms with Crippen LogP contribution in [0, 0.1) is 20.8 Å². The first kappa shape index (κ1) is 21.1. The Kier molecular flexibility index (Phi) is 6.37. The average Bonchev–Trinajstić information content (AvgIpc) is 3.20. The number of thiophene rings is 1. The van der Waals surface area contributed by atoms with Gasteiger partial charge in [-0.3, -0.25) is 4.79 Å². The number of hydrogen-bond acceptors (Lipinski definition) is 5. The minimum atomic E-state index is -3.09. The number of amides is 1. The number of carbonyl (C=O) groups excluding carboxylic acids is 1. The molecule has 2 aromatic rings. The van der Waals surface area contributed by atoms with Crippen LogP contribution in [0.3, 0.4) is 0 Å². The molecule has 1 aromatic carbocycles. The summed E-state index contributed by atoms with van der Waals surface area (Å²) in [5, 5.41) is 2.67. The summed E-state index contributed by atoms with van der Waals surface area (Å²) in [6, 6.07) is 5.30. The predicted molar refractivity (Wildman–Crippen MR) is 113 cm³/mol. The van der Waals surface area contributed by atoms with Crippen molar-refractivity contribution in [2.75, 3.05) is 18.1 Å². The van der Waals surface area contributed by atoms with E-state index in [-0.39, 0.29) is 30.1 Å². The van der Waals surface area contributed by atoms with Crippen molar-refractivity contribution in [2.24, 2.45) is 0 Å². The van der Waals surface area contributed by atoms with Gasteiger partial charge in [0.05, 0.1) is 18.1 Å². The van der Waals surface area contributed by atoms with Crippen LogP contribution in [0.5, 0.6) is 5.75 Å². The van der Waals surface area contributed by atoms with Crippen LogP contribution in [0.25, 0.3) is 0 Å². The van der Waals surface area contributed by atoms with E-state index in [9.17, 15) is 13.2 Å². The molecule has 3 rings (SSSR count). The Balaban J connectivity index is 1.75. The number of carbonyl (C=O) groups is 1. The lowest BCUT2D eigenvalue weighted by atomic mass is 10.1. The molecule has 0 aliphatic carbocycles. The van der Waals surface area contributed by atoms with Gasteiger partial charge in [0.25, 0.3) is 5.91 Å². The van der Waals surface area contributed by atoms with Crippen LogP contribution in [0.15, 0.2) is 23.6 Å². The third-order valence-corrected chi connectivity index (χ3v) is 8.38. The SMILES string of the molecule is Cc1ccsc1CN(C(=O)COc1cc(C)c(Cl)c(C)c1)C1CCS(=O)(=O)C1. The maximum absolute atomic E-state index is 13.0. The number of aryl methyl sites for hydroxylation is 3. The first-order valence-corrected chi connectivity index (χ1v) is 12.2. The van der Waals surface area contributed by atoms with Crippen molar-refractivity contribution < 1.29 is 17.9 Å². The number of hydrogen-bond donors (Lipinski definition) is 0. The van der Waals surface area contributed by atoms with Crippen molar-refractivity contribution in [1.82, 2.24) is 4.90 Å². The maximum Gasteiger partial charge on any atom is 0.261 e. The van der Waals surface area contributed by atoms with Crippen molar-refractivity contribution in [3.05, 3.63) is 50.2 Å². The first-order chi connectivity index (χ1) is 13.2. The summed E-state index contributed by atoms with van der Waals surface area (Å²) in [7, 11) is -3.09. The molecule has 1 unspecified atom stereocenters. The molecular formula is C20H24ClNO4S2. The summed E-state index contributed by atoms with van der Waals surface area (Å²) in [6.07, 6.45) is 0.470. The minimum Gasteiger partial charge on any atom is -0.484 e. The largest absolute Gasteiger partial charge is 0.484 e. The van der Waals surface area contributed by atoms with Gasteiger partial charge in [0, 0.05) is 15.9 Å². The molecule has 1 amide bonds. The number of halogens is 1. The Bertz CT molecular complexity index is 961. The average molecular weight is 442 g/mol. The Morgan fingerprint density at radius 1 is 1.25 bits per heavy atom. The van der Waals surface area contributed by atoms with Gasteiger partial charge in [0.1, 0.15) is 5.75 Å². The molecule has 5 nitrogen and oxygen atoms in total. The van der Waals surface area contributed by atoms with Gasteiger partial charge >= 0.3 is 0 Å². The number of sulfone groups is 1. The molecule has 0 saturated carbocycles. The molecule has 0 bridgehead atoms. The quantitative estimate of drug-likeness (QED) is 0.681. The third kappa shape index (κ3) is 4.88. The highest BCUT2D eigenvalue weighted by atomic mass is 35.5. The highest BCUT2D eigenvalue weighted by Crippen LogP contribution is 2.27. The second kappa shape index (κ2) is 8.43. The van der Waals surface area contributed by atoms with Gasteiger partial charge in [-0.05, 0) is 67.5 Å².